The standard InChI is InChI=1S/C17H24N4O2/c1-11(2)17-19-16(20-23-17)14-4-6-21(7-5-14)15-9-13(10-22)8-12(3)18-15/h8-9,11,14,22H,4-7,10H2,1-3H3. The maximum atomic E-state index is 9.35. The van der Waals surface area contributed by atoms with Crippen molar-refractivity contribution in [3.8, 4) is 0 Å². The zero-order chi connectivity index (χ0) is 16.4. The van der Waals surface area contributed by atoms with Crippen molar-refractivity contribution in [1.29, 1.82) is 0 Å². The van der Waals surface area contributed by atoms with Crippen LogP contribution in [0.15, 0.2) is 16.7 Å². The average Bonchev–Trinajstić information content (AvgIpc) is 3.04. The lowest BCUT2D eigenvalue weighted by molar-refractivity contribution is 0.281. The molecule has 0 radical (unpaired) electrons. The number of aliphatic hydroxyl groups is 1. The molecular weight excluding hydrogens is 292 g/mol. The fourth-order valence-electron chi connectivity index (χ4n) is 2.99. The summed E-state index contributed by atoms with van der Waals surface area (Å²) in [6.45, 7) is 7.95. The van der Waals surface area contributed by atoms with E-state index in [-0.39, 0.29) is 12.5 Å². The Bertz CT molecular complexity index is 660. The molecule has 0 saturated carbocycles. The monoisotopic (exact) mass is 316 g/mol. The van der Waals surface area contributed by atoms with Crippen molar-refractivity contribution in [1.82, 2.24) is 15.1 Å². The van der Waals surface area contributed by atoms with Crippen molar-refractivity contribution in [3.05, 3.63) is 35.1 Å². The van der Waals surface area contributed by atoms with E-state index in [1.807, 2.05) is 19.1 Å². The number of piperidine rings is 1. The van der Waals surface area contributed by atoms with Gasteiger partial charge in [-0.05, 0) is 37.5 Å². The molecule has 124 valence electrons. The Kier molecular flexibility index (Phi) is 4.61. The second-order valence-electron chi connectivity index (χ2n) is 6.54. The molecule has 6 heteroatoms. The average molecular weight is 316 g/mol. The van der Waals surface area contributed by atoms with Gasteiger partial charge >= 0.3 is 0 Å². The first-order valence-electron chi connectivity index (χ1n) is 8.23. The van der Waals surface area contributed by atoms with Crippen LogP contribution in [0, 0.1) is 6.92 Å². The van der Waals surface area contributed by atoms with Gasteiger partial charge in [-0.1, -0.05) is 19.0 Å². The third-order valence-electron chi connectivity index (χ3n) is 4.32. The number of anilines is 1. The van der Waals surface area contributed by atoms with Gasteiger partial charge in [-0.25, -0.2) is 4.98 Å². The van der Waals surface area contributed by atoms with E-state index in [0.717, 1.165) is 54.7 Å². The summed E-state index contributed by atoms with van der Waals surface area (Å²) in [5.41, 5.74) is 1.85. The zero-order valence-electron chi connectivity index (χ0n) is 14.0. The van der Waals surface area contributed by atoms with E-state index >= 15 is 0 Å². The van der Waals surface area contributed by atoms with Crippen molar-refractivity contribution in [2.75, 3.05) is 18.0 Å². The molecule has 1 aliphatic heterocycles. The van der Waals surface area contributed by atoms with Gasteiger partial charge in [0, 0.05) is 30.6 Å². The van der Waals surface area contributed by atoms with Crippen molar-refractivity contribution in [3.63, 3.8) is 0 Å². The van der Waals surface area contributed by atoms with Gasteiger partial charge in [-0.15, -0.1) is 0 Å². The third kappa shape index (κ3) is 3.52. The van der Waals surface area contributed by atoms with Crippen molar-refractivity contribution >= 4 is 5.82 Å². The molecule has 1 aliphatic rings. The molecule has 6 nitrogen and oxygen atoms in total. The van der Waals surface area contributed by atoms with E-state index in [2.05, 4.69) is 33.9 Å². The molecule has 0 spiro atoms. The first-order valence-corrected chi connectivity index (χ1v) is 8.23. The summed E-state index contributed by atoms with van der Waals surface area (Å²) in [4.78, 5) is 11.4. The minimum atomic E-state index is 0.0493. The van der Waals surface area contributed by atoms with Gasteiger partial charge in [-0.2, -0.15) is 4.98 Å². The van der Waals surface area contributed by atoms with Crippen LogP contribution in [0.5, 0.6) is 0 Å². The van der Waals surface area contributed by atoms with Gasteiger partial charge in [0.05, 0.1) is 6.61 Å². The summed E-state index contributed by atoms with van der Waals surface area (Å²) < 4.78 is 5.32. The number of nitrogens with zero attached hydrogens (tertiary/aromatic N) is 4. The Balaban J connectivity index is 1.67. The highest BCUT2D eigenvalue weighted by molar-refractivity contribution is 5.43. The second-order valence-corrected chi connectivity index (χ2v) is 6.54. The zero-order valence-corrected chi connectivity index (χ0v) is 14.0. The first kappa shape index (κ1) is 15.9. The van der Waals surface area contributed by atoms with Crippen LogP contribution in [-0.4, -0.2) is 33.3 Å². The van der Waals surface area contributed by atoms with Gasteiger partial charge in [0.25, 0.3) is 0 Å². The molecule has 0 bridgehead atoms. The minimum absolute atomic E-state index is 0.0493. The summed E-state index contributed by atoms with van der Waals surface area (Å²) in [5.74, 6) is 3.12. The molecule has 3 rings (SSSR count). The van der Waals surface area contributed by atoms with Crippen LogP contribution in [0.25, 0.3) is 0 Å². The SMILES string of the molecule is Cc1cc(CO)cc(N2CCC(c3noc(C(C)C)n3)CC2)n1. The molecule has 2 aromatic rings. The minimum Gasteiger partial charge on any atom is -0.392 e. The maximum Gasteiger partial charge on any atom is 0.229 e. The number of aliphatic hydroxyl groups excluding tert-OH is 1. The fraction of sp³-hybridized carbons (Fsp3) is 0.588. The van der Waals surface area contributed by atoms with E-state index in [9.17, 15) is 5.11 Å². The number of rotatable bonds is 4. The van der Waals surface area contributed by atoms with Gasteiger partial charge in [0.2, 0.25) is 5.89 Å². The van der Waals surface area contributed by atoms with Crippen molar-refractivity contribution in [2.24, 2.45) is 0 Å². The molecule has 0 unspecified atom stereocenters. The number of pyridine rings is 1. The summed E-state index contributed by atoms with van der Waals surface area (Å²) in [6.07, 6.45) is 1.97. The van der Waals surface area contributed by atoms with Crippen LogP contribution in [0.3, 0.4) is 0 Å². The summed E-state index contributed by atoms with van der Waals surface area (Å²) in [7, 11) is 0. The third-order valence-corrected chi connectivity index (χ3v) is 4.32. The molecular formula is C17H24N4O2. The molecule has 1 N–H and O–H groups in total. The summed E-state index contributed by atoms with van der Waals surface area (Å²) in [5, 5.41) is 13.5. The highest BCUT2D eigenvalue weighted by Gasteiger charge is 2.26. The lowest BCUT2D eigenvalue weighted by Crippen LogP contribution is -2.34. The van der Waals surface area contributed by atoms with Gasteiger partial charge < -0.3 is 14.5 Å². The van der Waals surface area contributed by atoms with E-state index in [0.29, 0.717) is 5.92 Å². The lowest BCUT2D eigenvalue weighted by atomic mass is 9.96. The van der Waals surface area contributed by atoms with E-state index in [1.54, 1.807) is 0 Å². The smallest absolute Gasteiger partial charge is 0.229 e. The number of aryl methyl sites for hydroxylation is 1. The van der Waals surface area contributed by atoms with E-state index in [4.69, 9.17) is 4.52 Å². The second kappa shape index (κ2) is 6.66. The van der Waals surface area contributed by atoms with E-state index in [1.165, 1.54) is 0 Å². The number of aromatic nitrogens is 3. The highest BCUT2D eigenvalue weighted by atomic mass is 16.5. The maximum absolute atomic E-state index is 9.35. The summed E-state index contributed by atoms with van der Waals surface area (Å²) in [6, 6.07) is 3.89. The normalized spacial score (nSPS) is 16.3. The van der Waals surface area contributed by atoms with Crippen LogP contribution < -0.4 is 4.90 Å². The van der Waals surface area contributed by atoms with Crippen LogP contribution in [0.4, 0.5) is 5.82 Å². The number of hydrogen-bond acceptors (Lipinski definition) is 6. The predicted molar refractivity (Wildman–Crippen MR) is 87.5 cm³/mol. The molecule has 0 aliphatic carbocycles. The Morgan fingerprint density at radius 1 is 1.26 bits per heavy atom. The van der Waals surface area contributed by atoms with Crippen LogP contribution in [0.1, 0.15) is 61.5 Å². The molecule has 0 amide bonds. The van der Waals surface area contributed by atoms with Crippen molar-refractivity contribution < 1.29 is 9.63 Å². The topological polar surface area (TPSA) is 75.3 Å². The largest absolute Gasteiger partial charge is 0.392 e. The van der Waals surface area contributed by atoms with E-state index < -0.39 is 0 Å². The molecule has 2 aromatic heterocycles. The first-order chi connectivity index (χ1) is 11.1. The van der Waals surface area contributed by atoms with Crippen molar-refractivity contribution in [2.45, 2.75) is 52.1 Å². The highest BCUT2D eigenvalue weighted by Crippen LogP contribution is 2.29. The Morgan fingerprint density at radius 3 is 2.61 bits per heavy atom. The quantitative estimate of drug-likeness (QED) is 0.935. The predicted octanol–water partition coefficient (Wildman–Crippen LogP) is 2.77. The van der Waals surface area contributed by atoms with Crippen LogP contribution in [0.2, 0.25) is 0 Å². The Labute approximate surface area is 136 Å². The van der Waals surface area contributed by atoms with Crippen LogP contribution in [-0.2, 0) is 6.61 Å². The van der Waals surface area contributed by atoms with Gasteiger partial charge in [0.15, 0.2) is 5.82 Å². The van der Waals surface area contributed by atoms with Gasteiger partial charge in [0.1, 0.15) is 5.82 Å². The molecule has 23 heavy (non-hydrogen) atoms. The van der Waals surface area contributed by atoms with Gasteiger partial charge in [-0.3, -0.25) is 0 Å². The molecule has 1 fully saturated rings. The Hall–Kier alpha value is -1.95. The summed E-state index contributed by atoms with van der Waals surface area (Å²) >= 11 is 0. The molecule has 1 saturated heterocycles. The number of hydrogen-bond donors (Lipinski definition) is 1. The molecule has 0 atom stereocenters. The molecule has 0 aromatic carbocycles. The fourth-order valence-corrected chi connectivity index (χ4v) is 2.99. The lowest BCUT2D eigenvalue weighted by Gasteiger charge is -2.31. The van der Waals surface area contributed by atoms with Crippen LogP contribution >= 0.6 is 0 Å². The Morgan fingerprint density at radius 2 is 2.00 bits per heavy atom. The molecule has 3 heterocycles.